The molecule has 16 heavy (non-hydrogen) atoms. The highest BCUT2D eigenvalue weighted by molar-refractivity contribution is 7.81. The average Bonchev–Trinajstić information content (AvgIpc) is 2.68. The van der Waals surface area contributed by atoms with Gasteiger partial charge in [0.1, 0.15) is 10.7 Å². The Morgan fingerprint density at radius 2 is 1.81 bits per heavy atom. The van der Waals surface area contributed by atoms with Gasteiger partial charge < -0.3 is 9.73 Å². The number of anilines is 1. The second-order valence-electron chi connectivity index (χ2n) is 3.71. The summed E-state index contributed by atoms with van der Waals surface area (Å²) in [6.07, 6.45) is 1.65. The summed E-state index contributed by atoms with van der Waals surface area (Å²) in [5.74, 6) is 0.838. The molecule has 1 N–H and O–H groups in total. The first kappa shape index (κ1) is 10.9. The predicted molar refractivity (Wildman–Crippen MR) is 69.9 cm³/mol. The molecule has 0 aliphatic carbocycles. The van der Waals surface area contributed by atoms with Crippen LogP contribution in [0.5, 0.6) is 0 Å². The van der Waals surface area contributed by atoms with Crippen molar-refractivity contribution in [3.63, 3.8) is 0 Å². The number of furan rings is 1. The molecule has 1 aromatic heterocycles. The van der Waals surface area contributed by atoms with Crippen LogP contribution in [0.25, 0.3) is 0 Å². The van der Waals surface area contributed by atoms with Gasteiger partial charge in [0.25, 0.3) is 0 Å². The minimum atomic E-state index is 0.690. The standard InChI is InChI=1S/C13H13NOS/c1-9-3-5-11(6-4-9)14-13(16)12-7-8-15-10(12)2/h3-8H,1-2H3,(H,14,16). The zero-order valence-corrected chi connectivity index (χ0v) is 10.1. The van der Waals surface area contributed by atoms with Gasteiger partial charge in [0.15, 0.2) is 0 Å². The van der Waals surface area contributed by atoms with Crippen LogP contribution >= 0.6 is 12.2 Å². The lowest BCUT2D eigenvalue weighted by Gasteiger charge is -2.07. The Bertz CT molecular complexity index is 499. The summed E-state index contributed by atoms with van der Waals surface area (Å²) in [4.78, 5) is 0.690. The third-order valence-electron chi connectivity index (χ3n) is 2.41. The first-order valence-corrected chi connectivity index (χ1v) is 5.50. The van der Waals surface area contributed by atoms with Crippen LogP contribution in [0.3, 0.4) is 0 Å². The van der Waals surface area contributed by atoms with E-state index >= 15 is 0 Å². The molecule has 0 radical (unpaired) electrons. The fraction of sp³-hybridized carbons (Fsp3) is 0.154. The molecule has 2 rings (SSSR count). The van der Waals surface area contributed by atoms with Crippen LogP contribution in [0.1, 0.15) is 16.9 Å². The molecular formula is C13H13NOS. The number of rotatable bonds is 2. The Kier molecular flexibility index (Phi) is 3.06. The van der Waals surface area contributed by atoms with Crippen LogP contribution in [-0.4, -0.2) is 4.99 Å². The zero-order chi connectivity index (χ0) is 11.5. The van der Waals surface area contributed by atoms with Crippen LogP contribution < -0.4 is 5.32 Å². The van der Waals surface area contributed by atoms with E-state index in [1.54, 1.807) is 6.26 Å². The number of hydrogen-bond donors (Lipinski definition) is 1. The van der Waals surface area contributed by atoms with Gasteiger partial charge in [-0.05, 0) is 32.0 Å². The summed E-state index contributed by atoms with van der Waals surface area (Å²) in [6.45, 7) is 3.96. The second-order valence-corrected chi connectivity index (χ2v) is 4.12. The number of thiocarbonyl (C=S) groups is 1. The van der Waals surface area contributed by atoms with Crippen molar-refractivity contribution in [2.45, 2.75) is 13.8 Å². The van der Waals surface area contributed by atoms with Crippen molar-refractivity contribution >= 4 is 22.9 Å². The molecule has 82 valence electrons. The lowest BCUT2D eigenvalue weighted by atomic mass is 10.2. The molecule has 0 saturated carbocycles. The maximum atomic E-state index is 5.31. The third kappa shape index (κ3) is 2.31. The van der Waals surface area contributed by atoms with Crippen molar-refractivity contribution in [3.8, 4) is 0 Å². The molecule has 0 saturated heterocycles. The molecule has 2 nitrogen and oxygen atoms in total. The Hall–Kier alpha value is -1.61. The molecule has 1 heterocycles. The van der Waals surface area contributed by atoms with Gasteiger partial charge in [0, 0.05) is 5.69 Å². The first-order valence-electron chi connectivity index (χ1n) is 5.09. The van der Waals surface area contributed by atoms with Gasteiger partial charge >= 0.3 is 0 Å². The van der Waals surface area contributed by atoms with Crippen LogP contribution in [-0.2, 0) is 0 Å². The molecule has 0 amide bonds. The topological polar surface area (TPSA) is 25.2 Å². The van der Waals surface area contributed by atoms with Gasteiger partial charge in [-0.2, -0.15) is 0 Å². The molecule has 0 atom stereocenters. The zero-order valence-electron chi connectivity index (χ0n) is 9.28. The lowest BCUT2D eigenvalue weighted by molar-refractivity contribution is 0.533. The van der Waals surface area contributed by atoms with E-state index in [1.165, 1.54) is 5.56 Å². The molecule has 0 aliphatic heterocycles. The monoisotopic (exact) mass is 231 g/mol. The smallest absolute Gasteiger partial charge is 0.114 e. The van der Waals surface area contributed by atoms with Crippen molar-refractivity contribution in [1.29, 1.82) is 0 Å². The van der Waals surface area contributed by atoms with E-state index < -0.39 is 0 Å². The molecule has 0 unspecified atom stereocenters. The number of hydrogen-bond acceptors (Lipinski definition) is 2. The molecule has 0 fully saturated rings. The number of nitrogens with one attached hydrogen (secondary N) is 1. The van der Waals surface area contributed by atoms with Crippen molar-refractivity contribution in [3.05, 3.63) is 53.5 Å². The van der Waals surface area contributed by atoms with E-state index in [0.717, 1.165) is 17.0 Å². The van der Waals surface area contributed by atoms with Gasteiger partial charge in [0.2, 0.25) is 0 Å². The van der Waals surface area contributed by atoms with E-state index in [0.29, 0.717) is 4.99 Å². The van der Waals surface area contributed by atoms with E-state index in [2.05, 4.69) is 12.2 Å². The van der Waals surface area contributed by atoms with Gasteiger partial charge in [-0.3, -0.25) is 0 Å². The van der Waals surface area contributed by atoms with Crippen molar-refractivity contribution in [2.24, 2.45) is 0 Å². The maximum Gasteiger partial charge on any atom is 0.114 e. The van der Waals surface area contributed by atoms with Crippen molar-refractivity contribution in [1.82, 2.24) is 0 Å². The fourth-order valence-corrected chi connectivity index (χ4v) is 1.79. The van der Waals surface area contributed by atoms with E-state index in [1.807, 2.05) is 37.3 Å². The fourth-order valence-electron chi connectivity index (χ4n) is 1.46. The molecular weight excluding hydrogens is 218 g/mol. The van der Waals surface area contributed by atoms with Crippen LogP contribution in [0.15, 0.2) is 41.0 Å². The summed E-state index contributed by atoms with van der Waals surface area (Å²) in [7, 11) is 0. The SMILES string of the molecule is Cc1ccc(NC(=S)c2ccoc2C)cc1. The molecule has 0 bridgehead atoms. The van der Waals surface area contributed by atoms with Crippen LogP contribution in [0, 0.1) is 13.8 Å². The molecule has 0 spiro atoms. The van der Waals surface area contributed by atoms with E-state index in [9.17, 15) is 0 Å². The van der Waals surface area contributed by atoms with Crippen LogP contribution in [0.2, 0.25) is 0 Å². The Morgan fingerprint density at radius 3 is 2.38 bits per heavy atom. The quantitative estimate of drug-likeness (QED) is 0.798. The molecule has 2 aromatic rings. The largest absolute Gasteiger partial charge is 0.469 e. The molecule has 3 heteroatoms. The highest BCUT2D eigenvalue weighted by Crippen LogP contribution is 2.14. The average molecular weight is 231 g/mol. The summed E-state index contributed by atoms with van der Waals surface area (Å²) in [5.41, 5.74) is 3.17. The first-order chi connectivity index (χ1) is 7.66. The van der Waals surface area contributed by atoms with Crippen molar-refractivity contribution < 1.29 is 4.42 Å². The second kappa shape index (κ2) is 4.49. The Balaban J connectivity index is 2.14. The summed E-state index contributed by atoms with van der Waals surface area (Å²) in [5, 5.41) is 3.18. The predicted octanol–water partition coefficient (Wildman–Crippen LogP) is 3.68. The summed E-state index contributed by atoms with van der Waals surface area (Å²) in [6, 6.07) is 9.99. The summed E-state index contributed by atoms with van der Waals surface area (Å²) < 4.78 is 5.21. The highest BCUT2D eigenvalue weighted by Gasteiger charge is 2.07. The van der Waals surface area contributed by atoms with E-state index in [4.69, 9.17) is 16.6 Å². The van der Waals surface area contributed by atoms with Crippen molar-refractivity contribution in [2.75, 3.05) is 5.32 Å². The van der Waals surface area contributed by atoms with Gasteiger partial charge in [-0.25, -0.2) is 0 Å². The van der Waals surface area contributed by atoms with Gasteiger partial charge in [-0.1, -0.05) is 29.9 Å². The number of benzene rings is 1. The molecule has 0 aliphatic rings. The molecule has 1 aromatic carbocycles. The number of aryl methyl sites for hydroxylation is 2. The van der Waals surface area contributed by atoms with Crippen LogP contribution in [0.4, 0.5) is 5.69 Å². The normalized spacial score (nSPS) is 10.1. The Labute approximate surface area is 100 Å². The van der Waals surface area contributed by atoms with Gasteiger partial charge in [-0.15, -0.1) is 0 Å². The highest BCUT2D eigenvalue weighted by atomic mass is 32.1. The van der Waals surface area contributed by atoms with E-state index in [-0.39, 0.29) is 0 Å². The minimum absolute atomic E-state index is 0.690. The Morgan fingerprint density at radius 1 is 1.12 bits per heavy atom. The van der Waals surface area contributed by atoms with Gasteiger partial charge in [0.05, 0.1) is 11.8 Å². The third-order valence-corrected chi connectivity index (χ3v) is 2.73. The summed E-state index contributed by atoms with van der Waals surface area (Å²) >= 11 is 5.31. The lowest BCUT2D eigenvalue weighted by Crippen LogP contribution is -2.10. The maximum absolute atomic E-state index is 5.31. The minimum Gasteiger partial charge on any atom is -0.469 e.